The molecule has 28 heavy (non-hydrogen) atoms. The maximum absolute atomic E-state index is 12.8. The molecule has 1 aromatic carbocycles. The van der Waals surface area contributed by atoms with Crippen molar-refractivity contribution in [1.82, 2.24) is 14.8 Å². The van der Waals surface area contributed by atoms with Crippen LogP contribution in [-0.4, -0.2) is 52.3 Å². The van der Waals surface area contributed by atoms with E-state index in [4.69, 9.17) is 4.74 Å². The Balaban J connectivity index is 1.29. The number of ether oxygens (including phenoxy) is 1. The lowest BCUT2D eigenvalue weighted by atomic mass is 10.0. The van der Waals surface area contributed by atoms with Crippen LogP contribution in [0.5, 0.6) is 5.75 Å². The van der Waals surface area contributed by atoms with Crippen LogP contribution in [0.1, 0.15) is 24.5 Å². The molecule has 1 unspecified atom stereocenters. The lowest BCUT2D eigenvalue weighted by molar-refractivity contribution is -0.144. The van der Waals surface area contributed by atoms with E-state index in [2.05, 4.69) is 18.0 Å². The number of para-hydroxylation sites is 1. The van der Waals surface area contributed by atoms with Crippen molar-refractivity contribution in [2.24, 2.45) is 5.92 Å². The van der Waals surface area contributed by atoms with Crippen LogP contribution in [-0.2, 0) is 22.6 Å². The first-order valence-electron chi connectivity index (χ1n) is 9.84. The van der Waals surface area contributed by atoms with E-state index in [1.54, 1.807) is 17.3 Å². The number of aromatic nitrogens is 1. The van der Waals surface area contributed by atoms with E-state index in [-0.39, 0.29) is 23.8 Å². The van der Waals surface area contributed by atoms with Gasteiger partial charge in [0.1, 0.15) is 11.9 Å². The predicted octanol–water partition coefficient (Wildman–Crippen LogP) is 2.28. The topological polar surface area (TPSA) is 62.7 Å². The van der Waals surface area contributed by atoms with Gasteiger partial charge in [-0.25, -0.2) is 0 Å². The number of likely N-dealkylation sites (tertiary alicyclic amines) is 2. The number of rotatable bonds is 6. The van der Waals surface area contributed by atoms with Crippen LogP contribution in [0.2, 0.25) is 0 Å². The molecule has 1 aromatic heterocycles. The van der Waals surface area contributed by atoms with E-state index < -0.39 is 0 Å². The Hall–Kier alpha value is -2.89. The number of pyridine rings is 1. The van der Waals surface area contributed by atoms with E-state index in [9.17, 15) is 9.59 Å². The minimum Gasteiger partial charge on any atom is -0.486 e. The molecule has 2 amide bonds. The van der Waals surface area contributed by atoms with Crippen molar-refractivity contribution in [3.8, 4) is 5.75 Å². The molecule has 0 N–H and O–H groups in total. The third-order valence-corrected chi connectivity index (χ3v) is 5.47. The molecule has 146 valence electrons. The molecule has 0 aliphatic carbocycles. The number of nitrogens with zero attached hydrogens (tertiary/aromatic N) is 3. The Labute approximate surface area is 165 Å². The molecule has 1 atom stereocenters. The third-order valence-electron chi connectivity index (χ3n) is 5.47. The number of carbonyl (C=O) groups excluding carboxylic acids is 2. The Morgan fingerprint density at radius 1 is 1.18 bits per heavy atom. The van der Waals surface area contributed by atoms with Gasteiger partial charge < -0.3 is 14.5 Å². The van der Waals surface area contributed by atoms with Gasteiger partial charge >= 0.3 is 0 Å². The zero-order valence-corrected chi connectivity index (χ0v) is 16.1. The number of carbonyl (C=O) groups is 2. The summed E-state index contributed by atoms with van der Waals surface area (Å²) >= 11 is 0. The van der Waals surface area contributed by atoms with Crippen LogP contribution < -0.4 is 4.74 Å². The van der Waals surface area contributed by atoms with Gasteiger partial charge in [-0.05, 0) is 29.7 Å². The average molecular weight is 379 g/mol. The maximum Gasteiger partial charge on any atom is 0.228 e. The van der Waals surface area contributed by atoms with Gasteiger partial charge in [-0.3, -0.25) is 14.6 Å². The second-order valence-electron chi connectivity index (χ2n) is 7.48. The molecule has 2 saturated heterocycles. The number of benzene rings is 1. The molecule has 2 aliphatic rings. The van der Waals surface area contributed by atoms with Crippen molar-refractivity contribution in [3.63, 3.8) is 0 Å². The van der Waals surface area contributed by atoms with Crippen LogP contribution in [0.4, 0.5) is 0 Å². The zero-order valence-electron chi connectivity index (χ0n) is 16.1. The van der Waals surface area contributed by atoms with E-state index in [1.165, 1.54) is 5.56 Å². The van der Waals surface area contributed by atoms with Crippen molar-refractivity contribution in [2.45, 2.75) is 32.4 Å². The molecule has 0 spiro atoms. The predicted molar refractivity (Wildman–Crippen MR) is 105 cm³/mol. The molecule has 0 radical (unpaired) electrons. The molecular formula is C22H25N3O3. The first-order valence-corrected chi connectivity index (χ1v) is 9.84. The van der Waals surface area contributed by atoms with Gasteiger partial charge in [-0.15, -0.1) is 0 Å². The van der Waals surface area contributed by atoms with E-state index in [0.29, 0.717) is 32.6 Å². The molecule has 4 rings (SSSR count). The Morgan fingerprint density at radius 3 is 2.75 bits per heavy atom. The SMILES string of the molecule is CCc1ccccc1OC1CN(C(=O)C2CC(=O)N(Cc3cccnc3)C2)C1. The Bertz CT molecular complexity index is 849. The second kappa shape index (κ2) is 8.00. The molecule has 2 aromatic rings. The summed E-state index contributed by atoms with van der Waals surface area (Å²) in [6, 6.07) is 11.8. The highest BCUT2D eigenvalue weighted by Gasteiger charge is 2.41. The number of hydrogen-bond acceptors (Lipinski definition) is 4. The lowest BCUT2D eigenvalue weighted by Crippen LogP contribution is -2.57. The largest absolute Gasteiger partial charge is 0.486 e. The highest BCUT2D eigenvalue weighted by molar-refractivity contribution is 5.89. The third kappa shape index (κ3) is 3.86. The Kier molecular flexibility index (Phi) is 5.28. The van der Waals surface area contributed by atoms with Crippen LogP contribution in [0, 0.1) is 5.92 Å². The monoisotopic (exact) mass is 379 g/mol. The maximum atomic E-state index is 12.8. The zero-order chi connectivity index (χ0) is 19.5. The normalized spacial score (nSPS) is 19.6. The van der Waals surface area contributed by atoms with Gasteiger partial charge in [0, 0.05) is 31.9 Å². The summed E-state index contributed by atoms with van der Waals surface area (Å²) in [7, 11) is 0. The average Bonchev–Trinajstić information content (AvgIpc) is 3.05. The molecule has 2 fully saturated rings. The van der Waals surface area contributed by atoms with Gasteiger partial charge in [0.15, 0.2) is 0 Å². The van der Waals surface area contributed by atoms with Crippen molar-refractivity contribution in [1.29, 1.82) is 0 Å². The summed E-state index contributed by atoms with van der Waals surface area (Å²) in [5, 5.41) is 0. The highest BCUT2D eigenvalue weighted by Crippen LogP contribution is 2.27. The van der Waals surface area contributed by atoms with Crippen LogP contribution >= 0.6 is 0 Å². The molecule has 2 aliphatic heterocycles. The lowest BCUT2D eigenvalue weighted by Gasteiger charge is -2.40. The Morgan fingerprint density at radius 2 is 2.00 bits per heavy atom. The summed E-state index contributed by atoms with van der Waals surface area (Å²) in [6.45, 7) is 4.27. The first-order chi connectivity index (χ1) is 13.6. The van der Waals surface area contributed by atoms with Crippen LogP contribution in [0.15, 0.2) is 48.8 Å². The van der Waals surface area contributed by atoms with E-state index in [1.807, 2.05) is 35.2 Å². The van der Waals surface area contributed by atoms with Gasteiger partial charge in [0.25, 0.3) is 0 Å². The van der Waals surface area contributed by atoms with Gasteiger partial charge in [0.2, 0.25) is 11.8 Å². The quantitative estimate of drug-likeness (QED) is 0.773. The minimum atomic E-state index is -0.256. The van der Waals surface area contributed by atoms with E-state index >= 15 is 0 Å². The van der Waals surface area contributed by atoms with Crippen molar-refractivity contribution >= 4 is 11.8 Å². The smallest absolute Gasteiger partial charge is 0.228 e. The van der Waals surface area contributed by atoms with Gasteiger partial charge in [-0.1, -0.05) is 31.2 Å². The standard InChI is InChI=1S/C22H25N3O3/c1-2-17-7-3-4-8-20(17)28-19-14-25(15-19)22(27)18-10-21(26)24(13-18)12-16-6-5-9-23-11-16/h3-9,11,18-19H,2,10,12-15H2,1H3. The number of amides is 2. The summed E-state index contributed by atoms with van der Waals surface area (Å²) in [5.41, 5.74) is 2.16. The molecule has 0 saturated carbocycles. The van der Waals surface area contributed by atoms with Crippen molar-refractivity contribution < 1.29 is 14.3 Å². The molecule has 6 heteroatoms. The highest BCUT2D eigenvalue weighted by atomic mass is 16.5. The van der Waals surface area contributed by atoms with Gasteiger partial charge in [0.05, 0.1) is 19.0 Å². The second-order valence-corrected chi connectivity index (χ2v) is 7.48. The fourth-order valence-corrected chi connectivity index (χ4v) is 3.84. The summed E-state index contributed by atoms with van der Waals surface area (Å²) in [5.74, 6) is 0.743. The fourth-order valence-electron chi connectivity index (χ4n) is 3.84. The van der Waals surface area contributed by atoms with Crippen LogP contribution in [0.25, 0.3) is 0 Å². The minimum absolute atomic E-state index is 0.0280. The number of hydrogen-bond donors (Lipinski definition) is 0. The van der Waals surface area contributed by atoms with Crippen molar-refractivity contribution in [3.05, 3.63) is 59.9 Å². The molecule has 6 nitrogen and oxygen atoms in total. The van der Waals surface area contributed by atoms with Gasteiger partial charge in [-0.2, -0.15) is 0 Å². The molecule has 0 bridgehead atoms. The number of aryl methyl sites for hydroxylation is 1. The van der Waals surface area contributed by atoms with E-state index in [0.717, 1.165) is 17.7 Å². The van der Waals surface area contributed by atoms with Crippen molar-refractivity contribution in [2.75, 3.05) is 19.6 Å². The molecular weight excluding hydrogens is 354 g/mol. The summed E-state index contributed by atoms with van der Waals surface area (Å²) < 4.78 is 6.06. The molecule has 3 heterocycles. The summed E-state index contributed by atoms with van der Waals surface area (Å²) in [6.07, 6.45) is 4.71. The van der Waals surface area contributed by atoms with Crippen LogP contribution in [0.3, 0.4) is 0 Å². The first kappa shape index (κ1) is 18.5. The fraction of sp³-hybridized carbons (Fsp3) is 0.409. The summed E-state index contributed by atoms with van der Waals surface area (Å²) in [4.78, 5) is 32.7.